The van der Waals surface area contributed by atoms with Gasteiger partial charge in [-0.2, -0.15) is 13.2 Å². The van der Waals surface area contributed by atoms with Crippen LogP contribution in [0.25, 0.3) is 11.1 Å². The molecule has 0 saturated carbocycles. The number of piperidine rings is 1. The summed E-state index contributed by atoms with van der Waals surface area (Å²) in [5, 5.41) is 6.83. The van der Waals surface area contributed by atoms with Crippen molar-refractivity contribution in [3.63, 3.8) is 0 Å². The normalized spacial score (nSPS) is 15.7. The van der Waals surface area contributed by atoms with E-state index in [1.807, 2.05) is 0 Å². The zero-order valence-corrected chi connectivity index (χ0v) is 20.8. The predicted octanol–water partition coefficient (Wildman–Crippen LogP) is 4.56. The number of carbonyl (C=O) groups is 1. The van der Waals surface area contributed by atoms with Crippen LogP contribution in [0.5, 0.6) is 0 Å². The Bertz CT molecular complexity index is 1430. The number of nitrogens with one attached hydrogen (secondary N) is 1. The number of rotatable bonds is 5. The lowest BCUT2D eigenvalue weighted by molar-refractivity contribution is -0.246. The number of carbonyl (C=O) groups excluding carboxylic acids is 1. The van der Waals surface area contributed by atoms with Crippen molar-refractivity contribution in [1.82, 2.24) is 20.0 Å². The number of anilines is 2. The molecule has 1 N–H and O–H groups in total. The summed E-state index contributed by atoms with van der Waals surface area (Å²) in [5.41, 5.74) is -1.70. The lowest BCUT2D eigenvalue weighted by Crippen LogP contribution is -2.48. The van der Waals surface area contributed by atoms with Crippen LogP contribution >= 0.6 is 0 Å². The molecule has 0 aliphatic carbocycles. The monoisotopic (exact) mass is 545 g/mol. The minimum Gasteiger partial charge on any atom is -0.434 e. The fourth-order valence-corrected chi connectivity index (χ4v) is 4.40. The number of amides is 1. The Morgan fingerprint density at radius 2 is 1.86 bits per heavy atom. The molecular formula is C22H23F4N5O5S. The molecule has 10 nitrogen and oxygen atoms in total. The molecule has 37 heavy (non-hydrogen) atoms. The molecular weight excluding hydrogens is 522 g/mol. The van der Waals surface area contributed by atoms with Gasteiger partial charge < -0.3 is 19.5 Å². The van der Waals surface area contributed by atoms with E-state index < -0.39 is 33.5 Å². The largest absolute Gasteiger partial charge is 0.434 e. The number of likely N-dealkylation sites (tertiary alicyclic amines) is 1. The molecule has 3 aromatic rings. The van der Waals surface area contributed by atoms with E-state index in [0.29, 0.717) is 24.1 Å². The third kappa shape index (κ3) is 5.45. The van der Waals surface area contributed by atoms with Gasteiger partial charge >= 0.3 is 12.3 Å². The van der Waals surface area contributed by atoms with E-state index in [4.69, 9.17) is 4.52 Å². The van der Waals surface area contributed by atoms with Crippen molar-refractivity contribution in [2.75, 3.05) is 24.7 Å². The van der Waals surface area contributed by atoms with Crippen molar-refractivity contribution < 1.29 is 40.0 Å². The Morgan fingerprint density at radius 3 is 2.46 bits per heavy atom. The molecule has 0 unspecified atom stereocenters. The average molecular weight is 546 g/mol. The first-order valence-electron chi connectivity index (χ1n) is 11.1. The van der Waals surface area contributed by atoms with Crippen molar-refractivity contribution in [2.24, 2.45) is 0 Å². The molecule has 15 heteroatoms. The van der Waals surface area contributed by atoms with Crippen molar-refractivity contribution in [1.29, 1.82) is 0 Å². The first-order valence-corrected chi connectivity index (χ1v) is 13.0. The van der Waals surface area contributed by atoms with E-state index in [2.05, 4.69) is 25.2 Å². The molecule has 0 radical (unpaired) electrons. The lowest BCUT2D eigenvalue weighted by atomic mass is 9.93. The summed E-state index contributed by atoms with van der Waals surface area (Å²) in [6, 6.07) is 3.39. The summed E-state index contributed by atoms with van der Waals surface area (Å²) in [4.78, 5) is 21.6. The van der Waals surface area contributed by atoms with Crippen molar-refractivity contribution in [3.05, 3.63) is 36.0 Å². The van der Waals surface area contributed by atoms with Gasteiger partial charge in [-0.05, 0) is 44.9 Å². The van der Waals surface area contributed by atoms with Gasteiger partial charge in [-0.25, -0.2) is 27.6 Å². The second-order valence-corrected chi connectivity index (χ2v) is 11.2. The van der Waals surface area contributed by atoms with Crippen LogP contribution in [0.15, 0.2) is 33.9 Å². The number of hydrogen-bond donors (Lipinski definition) is 1. The summed E-state index contributed by atoms with van der Waals surface area (Å²) >= 11 is 0. The fourth-order valence-electron chi connectivity index (χ4n) is 3.77. The molecule has 1 fully saturated rings. The van der Waals surface area contributed by atoms with Gasteiger partial charge in [0, 0.05) is 25.3 Å². The summed E-state index contributed by atoms with van der Waals surface area (Å²) in [5.74, 6) is -0.929. The second kappa shape index (κ2) is 9.43. The van der Waals surface area contributed by atoms with E-state index >= 15 is 0 Å². The van der Waals surface area contributed by atoms with Gasteiger partial charge in [0.1, 0.15) is 23.4 Å². The smallest absolute Gasteiger partial charge is 0.427 e. The van der Waals surface area contributed by atoms with Crippen LogP contribution in [-0.4, -0.2) is 65.7 Å². The first kappa shape index (κ1) is 26.6. The number of sulfone groups is 1. The third-order valence-electron chi connectivity index (χ3n) is 6.07. The van der Waals surface area contributed by atoms with Crippen LogP contribution in [0.2, 0.25) is 0 Å². The van der Waals surface area contributed by atoms with Crippen LogP contribution in [-0.2, 0) is 14.6 Å². The maximum Gasteiger partial charge on any atom is 0.427 e. The van der Waals surface area contributed by atoms with Gasteiger partial charge in [0.05, 0.1) is 10.6 Å². The molecule has 0 atom stereocenters. The van der Waals surface area contributed by atoms with Crippen LogP contribution in [0.3, 0.4) is 0 Å². The van der Waals surface area contributed by atoms with E-state index in [0.717, 1.165) is 26.2 Å². The van der Waals surface area contributed by atoms with Crippen LogP contribution in [0, 0.1) is 5.82 Å². The zero-order valence-electron chi connectivity index (χ0n) is 20.0. The van der Waals surface area contributed by atoms with Crippen LogP contribution in [0.1, 0.15) is 38.3 Å². The van der Waals surface area contributed by atoms with Gasteiger partial charge in [0.25, 0.3) is 0 Å². The van der Waals surface area contributed by atoms with Crippen molar-refractivity contribution in [2.45, 2.75) is 49.3 Å². The topological polar surface area (TPSA) is 128 Å². The van der Waals surface area contributed by atoms with Gasteiger partial charge in [-0.1, -0.05) is 5.16 Å². The predicted molar refractivity (Wildman–Crippen MR) is 123 cm³/mol. The minimum absolute atomic E-state index is 0.0426. The zero-order chi connectivity index (χ0) is 27.2. The summed E-state index contributed by atoms with van der Waals surface area (Å²) < 4.78 is 87.0. The van der Waals surface area contributed by atoms with Crippen LogP contribution < -0.4 is 5.32 Å². The number of alkyl halides is 3. The highest BCUT2D eigenvalue weighted by molar-refractivity contribution is 7.90. The highest BCUT2D eigenvalue weighted by Gasteiger charge is 2.51. The van der Waals surface area contributed by atoms with E-state index in [1.165, 1.54) is 23.4 Å². The highest BCUT2D eigenvalue weighted by atomic mass is 32.2. The SMILES string of the molecule is CC(C)(OC(=O)N1CCC(c2noc3c(Nc4ccc(S(C)(=O)=O)cc4F)ncnc23)CC1)C(F)(F)F. The number of halogens is 4. The number of ether oxygens (including phenoxy) is 1. The van der Waals surface area contributed by atoms with Gasteiger partial charge in [-0.15, -0.1) is 0 Å². The molecule has 1 amide bonds. The second-order valence-electron chi connectivity index (χ2n) is 9.14. The molecule has 2 aromatic heterocycles. The molecule has 1 aliphatic heterocycles. The fraction of sp³-hybridized carbons (Fsp3) is 0.455. The maximum atomic E-state index is 14.5. The van der Waals surface area contributed by atoms with Gasteiger partial charge in [0.2, 0.25) is 11.2 Å². The molecule has 0 bridgehead atoms. The molecule has 3 heterocycles. The Morgan fingerprint density at radius 1 is 1.19 bits per heavy atom. The summed E-state index contributed by atoms with van der Waals surface area (Å²) in [6.07, 6.45) is -2.82. The molecule has 1 aliphatic rings. The van der Waals surface area contributed by atoms with Gasteiger partial charge in [-0.3, -0.25) is 0 Å². The molecule has 1 aromatic carbocycles. The Hall–Kier alpha value is -3.49. The summed E-state index contributed by atoms with van der Waals surface area (Å²) in [6.45, 7) is 1.85. The number of nitrogens with zero attached hydrogens (tertiary/aromatic N) is 4. The average Bonchev–Trinajstić information content (AvgIpc) is 3.24. The number of aromatic nitrogens is 3. The number of benzene rings is 1. The molecule has 1 saturated heterocycles. The first-order chi connectivity index (χ1) is 17.2. The van der Waals surface area contributed by atoms with Gasteiger partial charge in [0.15, 0.2) is 15.7 Å². The molecule has 200 valence electrons. The van der Waals surface area contributed by atoms with Crippen molar-refractivity contribution >= 4 is 38.5 Å². The van der Waals surface area contributed by atoms with E-state index in [9.17, 15) is 30.8 Å². The molecule has 4 rings (SSSR count). The summed E-state index contributed by atoms with van der Waals surface area (Å²) in [7, 11) is -3.59. The Labute approximate surface area is 208 Å². The maximum absolute atomic E-state index is 14.5. The third-order valence-corrected chi connectivity index (χ3v) is 7.18. The minimum atomic E-state index is -4.70. The highest BCUT2D eigenvalue weighted by Crippen LogP contribution is 2.36. The number of hydrogen-bond acceptors (Lipinski definition) is 9. The lowest BCUT2D eigenvalue weighted by Gasteiger charge is -2.34. The molecule has 0 spiro atoms. The Balaban J connectivity index is 1.48. The van der Waals surface area contributed by atoms with E-state index in [1.54, 1.807) is 0 Å². The Kier molecular flexibility index (Phi) is 6.77. The van der Waals surface area contributed by atoms with E-state index in [-0.39, 0.29) is 41.0 Å². The standard InChI is InChI=1S/C22H23F4N5O5S/c1-21(2,22(24,25)26)35-20(32)31-8-6-12(7-9-31)16-17-18(36-30-16)19(28-11-27-17)29-15-5-4-13(10-14(15)23)37(3,33)34/h4-5,10-12H,6-9H2,1-3H3,(H,27,28,29). The quantitative estimate of drug-likeness (QED) is 0.459. The van der Waals surface area contributed by atoms with Crippen LogP contribution in [0.4, 0.5) is 33.9 Å². The number of fused-ring (bicyclic) bond motifs is 1. The van der Waals surface area contributed by atoms with Crippen molar-refractivity contribution in [3.8, 4) is 0 Å².